The Hall–Kier alpha value is -0.420. The molecular formula is C16H24BrNO2. The number of benzene rings is 1. The molecule has 1 aliphatic rings. The third-order valence-electron chi connectivity index (χ3n) is 3.23. The molecule has 1 aromatic rings. The number of rotatable bonds is 9. The molecule has 4 heteroatoms. The van der Waals surface area contributed by atoms with Gasteiger partial charge in [-0.2, -0.15) is 0 Å². The number of hydrogen-bond acceptors (Lipinski definition) is 3. The molecule has 1 aliphatic carbocycles. The van der Waals surface area contributed by atoms with Crippen molar-refractivity contribution in [3.05, 3.63) is 33.8 Å². The minimum atomic E-state index is 0.267. The molecule has 0 unspecified atom stereocenters. The van der Waals surface area contributed by atoms with E-state index in [1.807, 2.05) is 13.8 Å². The highest BCUT2D eigenvalue weighted by Crippen LogP contribution is 2.22. The zero-order valence-electron chi connectivity index (χ0n) is 12.3. The lowest BCUT2D eigenvalue weighted by molar-refractivity contribution is 0.0142. The van der Waals surface area contributed by atoms with Crippen LogP contribution in [0.25, 0.3) is 0 Å². The fraction of sp³-hybridized carbons (Fsp3) is 0.625. The van der Waals surface area contributed by atoms with E-state index in [1.165, 1.54) is 24.0 Å². The molecule has 1 fully saturated rings. The minimum absolute atomic E-state index is 0.267. The molecule has 0 saturated heterocycles. The monoisotopic (exact) mass is 341 g/mol. The summed E-state index contributed by atoms with van der Waals surface area (Å²) < 4.78 is 12.2. The summed E-state index contributed by atoms with van der Waals surface area (Å²) in [5.41, 5.74) is 2.50. The van der Waals surface area contributed by atoms with Crippen LogP contribution < -0.4 is 5.32 Å². The van der Waals surface area contributed by atoms with Gasteiger partial charge in [0.2, 0.25) is 0 Å². The third kappa shape index (κ3) is 5.92. The first kappa shape index (κ1) is 16.0. The van der Waals surface area contributed by atoms with Gasteiger partial charge in [0.1, 0.15) is 0 Å². The van der Waals surface area contributed by atoms with Crippen molar-refractivity contribution in [3.8, 4) is 0 Å². The van der Waals surface area contributed by atoms with Crippen molar-refractivity contribution in [1.82, 2.24) is 5.32 Å². The van der Waals surface area contributed by atoms with Gasteiger partial charge in [-0.25, -0.2) is 0 Å². The average Bonchev–Trinajstić information content (AvgIpc) is 3.21. The van der Waals surface area contributed by atoms with E-state index in [0.717, 1.165) is 17.1 Å². The highest BCUT2D eigenvalue weighted by Gasteiger charge is 2.19. The second-order valence-electron chi connectivity index (χ2n) is 5.55. The van der Waals surface area contributed by atoms with Crippen LogP contribution >= 0.6 is 15.9 Å². The molecule has 1 saturated carbocycles. The minimum Gasteiger partial charge on any atom is -0.376 e. The maximum Gasteiger partial charge on any atom is 0.0728 e. The Bertz CT molecular complexity index is 419. The van der Waals surface area contributed by atoms with Gasteiger partial charge in [-0.3, -0.25) is 0 Å². The molecule has 1 N–H and O–H groups in total. The van der Waals surface area contributed by atoms with Crippen LogP contribution in [0.5, 0.6) is 0 Å². The fourth-order valence-electron chi connectivity index (χ4n) is 1.89. The molecule has 0 amide bonds. The molecule has 0 heterocycles. The van der Waals surface area contributed by atoms with Crippen LogP contribution in [0.4, 0.5) is 0 Å². The van der Waals surface area contributed by atoms with E-state index < -0.39 is 0 Å². The quantitative estimate of drug-likeness (QED) is 0.695. The Morgan fingerprint density at radius 2 is 2.10 bits per heavy atom. The predicted octanol–water partition coefficient (Wildman–Crippen LogP) is 3.64. The maximum absolute atomic E-state index is 5.63. The zero-order chi connectivity index (χ0) is 14.4. The molecule has 0 bridgehead atoms. The van der Waals surface area contributed by atoms with Gasteiger partial charge in [0, 0.05) is 17.1 Å². The summed E-state index contributed by atoms with van der Waals surface area (Å²) in [5, 5.41) is 3.52. The summed E-state index contributed by atoms with van der Waals surface area (Å²) in [6.07, 6.45) is 2.92. The molecule has 0 aliphatic heterocycles. The van der Waals surface area contributed by atoms with Crippen molar-refractivity contribution in [2.75, 3.05) is 13.2 Å². The van der Waals surface area contributed by atoms with Gasteiger partial charge in [-0.05, 0) is 43.9 Å². The van der Waals surface area contributed by atoms with Crippen molar-refractivity contribution in [3.63, 3.8) is 0 Å². The molecule has 20 heavy (non-hydrogen) atoms. The Labute approximate surface area is 130 Å². The maximum atomic E-state index is 5.63. The summed E-state index contributed by atoms with van der Waals surface area (Å²) in [4.78, 5) is 0. The van der Waals surface area contributed by atoms with Gasteiger partial charge >= 0.3 is 0 Å². The van der Waals surface area contributed by atoms with Gasteiger partial charge in [0.05, 0.1) is 25.9 Å². The van der Waals surface area contributed by atoms with Gasteiger partial charge in [-0.1, -0.05) is 28.1 Å². The zero-order valence-corrected chi connectivity index (χ0v) is 13.9. The molecule has 112 valence electrons. The van der Waals surface area contributed by atoms with Crippen LogP contribution in [0.2, 0.25) is 0 Å². The van der Waals surface area contributed by atoms with Crippen LogP contribution in [0, 0.1) is 0 Å². The normalized spacial score (nSPS) is 15.0. The summed E-state index contributed by atoms with van der Waals surface area (Å²) in [6, 6.07) is 7.23. The lowest BCUT2D eigenvalue weighted by atomic mass is 10.1. The van der Waals surface area contributed by atoms with Crippen molar-refractivity contribution >= 4 is 15.9 Å². The van der Waals surface area contributed by atoms with Crippen molar-refractivity contribution in [1.29, 1.82) is 0 Å². The second-order valence-corrected chi connectivity index (χ2v) is 6.41. The van der Waals surface area contributed by atoms with Gasteiger partial charge in [0.25, 0.3) is 0 Å². The van der Waals surface area contributed by atoms with Crippen LogP contribution in [0.15, 0.2) is 22.7 Å². The van der Waals surface area contributed by atoms with Crippen molar-refractivity contribution in [2.45, 2.75) is 52.0 Å². The van der Waals surface area contributed by atoms with E-state index in [0.29, 0.717) is 19.8 Å². The Kier molecular flexibility index (Phi) is 6.49. The van der Waals surface area contributed by atoms with E-state index in [9.17, 15) is 0 Å². The fourth-order valence-corrected chi connectivity index (χ4v) is 2.43. The number of nitrogens with one attached hydrogen (secondary N) is 1. The van der Waals surface area contributed by atoms with E-state index in [-0.39, 0.29) is 6.10 Å². The van der Waals surface area contributed by atoms with Crippen LogP contribution in [0.3, 0.4) is 0 Å². The summed E-state index contributed by atoms with van der Waals surface area (Å²) >= 11 is 3.62. The summed E-state index contributed by atoms with van der Waals surface area (Å²) in [5.74, 6) is 0. The molecule has 0 atom stereocenters. The van der Waals surface area contributed by atoms with Crippen LogP contribution in [0.1, 0.15) is 37.8 Å². The van der Waals surface area contributed by atoms with E-state index >= 15 is 0 Å². The molecule has 0 aromatic heterocycles. The number of ether oxygens (including phenoxy) is 2. The Balaban J connectivity index is 1.71. The first-order chi connectivity index (χ1) is 9.65. The number of hydrogen-bond donors (Lipinski definition) is 1. The molecule has 3 nitrogen and oxygen atoms in total. The van der Waals surface area contributed by atoms with Crippen LogP contribution in [-0.4, -0.2) is 25.4 Å². The van der Waals surface area contributed by atoms with Gasteiger partial charge < -0.3 is 14.8 Å². The molecule has 0 radical (unpaired) electrons. The molecule has 1 aromatic carbocycles. The van der Waals surface area contributed by atoms with Crippen molar-refractivity contribution < 1.29 is 9.47 Å². The lowest BCUT2D eigenvalue weighted by Crippen LogP contribution is -2.15. The largest absolute Gasteiger partial charge is 0.376 e. The average molecular weight is 342 g/mol. The highest BCUT2D eigenvalue weighted by atomic mass is 79.9. The standard InChI is InChI=1S/C16H24BrNO2/c1-12(2)20-8-7-19-11-14-4-3-13(9-16(14)17)10-18-15-5-6-15/h3-4,9,12,15,18H,5-8,10-11H2,1-2H3. The molecule has 2 rings (SSSR count). The Morgan fingerprint density at radius 1 is 1.30 bits per heavy atom. The SMILES string of the molecule is CC(C)OCCOCc1ccc(CNC2CC2)cc1Br. The van der Waals surface area contributed by atoms with E-state index in [2.05, 4.69) is 39.4 Å². The topological polar surface area (TPSA) is 30.5 Å². The lowest BCUT2D eigenvalue weighted by Gasteiger charge is -2.10. The molecular weight excluding hydrogens is 318 g/mol. The smallest absolute Gasteiger partial charge is 0.0728 e. The van der Waals surface area contributed by atoms with Crippen LogP contribution in [-0.2, 0) is 22.6 Å². The van der Waals surface area contributed by atoms with Gasteiger partial charge in [0.15, 0.2) is 0 Å². The number of halogens is 1. The second kappa shape index (κ2) is 8.13. The first-order valence-electron chi connectivity index (χ1n) is 7.35. The van der Waals surface area contributed by atoms with Gasteiger partial charge in [-0.15, -0.1) is 0 Å². The van der Waals surface area contributed by atoms with Crippen molar-refractivity contribution in [2.24, 2.45) is 0 Å². The Morgan fingerprint density at radius 3 is 2.75 bits per heavy atom. The van der Waals surface area contributed by atoms with E-state index in [4.69, 9.17) is 9.47 Å². The summed E-state index contributed by atoms with van der Waals surface area (Å²) in [7, 11) is 0. The first-order valence-corrected chi connectivity index (χ1v) is 8.14. The van der Waals surface area contributed by atoms with E-state index in [1.54, 1.807) is 0 Å². The third-order valence-corrected chi connectivity index (χ3v) is 3.96. The molecule has 0 spiro atoms. The summed E-state index contributed by atoms with van der Waals surface area (Å²) in [6.45, 7) is 6.93. The highest BCUT2D eigenvalue weighted by molar-refractivity contribution is 9.10. The predicted molar refractivity (Wildman–Crippen MR) is 84.7 cm³/mol.